The summed E-state index contributed by atoms with van der Waals surface area (Å²) < 4.78 is 0. The van der Waals surface area contributed by atoms with Gasteiger partial charge in [0.1, 0.15) is 6.54 Å². The Bertz CT molecular complexity index is 1070. The number of benzene rings is 2. The largest absolute Gasteiger partial charge is 0.368 e. The Morgan fingerprint density at radius 2 is 1.57 bits per heavy atom. The topological polar surface area (TPSA) is 85.0 Å². The molecule has 2 aromatic rings. The highest BCUT2D eigenvalue weighted by Gasteiger charge is 2.30. The fourth-order valence-electron chi connectivity index (χ4n) is 4.63. The number of urea groups is 1. The zero-order valence-electron chi connectivity index (χ0n) is 22.2. The van der Waals surface area contributed by atoms with Crippen LogP contribution in [0.15, 0.2) is 54.6 Å². The normalized spacial score (nSPS) is 16.1. The van der Waals surface area contributed by atoms with Crippen molar-refractivity contribution in [3.8, 4) is 0 Å². The second kappa shape index (κ2) is 11.7. The van der Waals surface area contributed by atoms with Gasteiger partial charge in [0, 0.05) is 55.6 Å². The minimum atomic E-state index is -0.252. The number of carbonyl (C=O) groups is 3. The number of hydrogen-bond acceptors (Lipinski definition) is 4. The summed E-state index contributed by atoms with van der Waals surface area (Å²) in [7, 11) is 0. The van der Waals surface area contributed by atoms with Crippen LogP contribution in [0.4, 0.5) is 16.2 Å². The number of hydrogen-bond donors (Lipinski definition) is 2. The molecule has 1 aliphatic carbocycles. The van der Waals surface area contributed by atoms with Crippen LogP contribution in [0.25, 0.3) is 0 Å². The lowest BCUT2D eigenvalue weighted by atomic mass is 9.84. The van der Waals surface area contributed by atoms with Gasteiger partial charge in [0.25, 0.3) is 0 Å². The Labute approximate surface area is 220 Å². The number of rotatable bonds is 7. The van der Waals surface area contributed by atoms with E-state index < -0.39 is 0 Å². The van der Waals surface area contributed by atoms with E-state index in [1.807, 2.05) is 80.3 Å². The molecule has 4 rings (SSSR count). The number of amides is 4. The molecule has 2 N–H and O–H groups in total. The van der Waals surface area contributed by atoms with Crippen molar-refractivity contribution in [2.45, 2.75) is 52.1 Å². The van der Waals surface area contributed by atoms with Crippen molar-refractivity contribution in [3.05, 3.63) is 60.2 Å². The Morgan fingerprint density at radius 3 is 2.14 bits per heavy atom. The van der Waals surface area contributed by atoms with Crippen LogP contribution in [0.1, 0.15) is 45.6 Å². The van der Waals surface area contributed by atoms with E-state index in [4.69, 9.17) is 0 Å². The zero-order chi connectivity index (χ0) is 26.4. The highest BCUT2D eigenvalue weighted by molar-refractivity contribution is 5.95. The minimum Gasteiger partial charge on any atom is -0.368 e. The monoisotopic (exact) mass is 505 g/mol. The first kappa shape index (κ1) is 26.5. The van der Waals surface area contributed by atoms with Crippen molar-refractivity contribution in [3.63, 3.8) is 0 Å². The molecule has 0 bridgehead atoms. The Balaban J connectivity index is 1.30. The number of nitrogens with zero attached hydrogens (tertiary/aromatic N) is 3. The molecule has 0 spiro atoms. The van der Waals surface area contributed by atoms with Crippen molar-refractivity contribution < 1.29 is 14.4 Å². The predicted molar refractivity (Wildman–Crippen MR) is 146 cm³/mol. The van der Waals surface area contributed by atoms with Gasteiger partial charge in [-0.05, 0) is 63.4 Å². The average Bonchev–Trinajstić information content (AvgIpc) is 2.83. The lowest BCUT2D eigenvalue weighted by molar-refractivity contribution is -0.141. The third kappa shape index (κ3) is 7.47. The quantitative estimate of drug-likeness (QED) is 0.594. The molecule has 37 heavy (non-hydrogen) atoms. The van der Waals surface area contributed by atoms with Gasteiger partial charge in [-0.15, -0.1) is 0 Å². The first-order valence-electron chi connectivity index (χ1n) is 13.2. The SMILES string of the molecule is CC(C)(C)NC(=O)N1CCN(c2ccc(NC(=O)CN(Cc3ccccc3)C(=O)C3CCC3)cc2)CC1. The second-order valence-corrected chi connectivity index (χ2v) is 11.1. The molecule has 1 heterocycles. The van der Waals surface area contributed by atoms with Gasteiger partial charge < -0.3 is 25.3 Å². The smallest absolute Gasteiger partial charge is 0.317 e. The molecule has 198 valence electrons. The third-order valence-electron chi connectivity index (χ3n) is 6.88. The van der Waals surface area contributed by atoms with Crippen LogP contribution in [0, 0.1) is 5.92 Å². The molecule has 8 nitrogen and oxygen atoms in total. The standard InChI is InChI=1S/C29H39N5O3/c1-29(2,3)31-28(37)33-18-16-32(17-19-33)25-14-12-24(13-15-25)30-26(35)21-34(27(36)23-10-7-11-23)20-22-8-5-4-6-9-22/h4-6,8-9,12-15,23H,7,10-11,16-21H2,1-3H3,(H,30,35)(H,31,37). The van der Waals surface area contributed by atoms with Crippen LogP contribution >= 0.6 is 0 Å². The van der Waals surface area contributed by atoms with E-state index in [0.717, 1.165) is 43.6 Å². The summed E-state index contributed by atoms with van der Waals surface area (Å²) in [6.45, 7) is 9.23. The van der Waals surface area contributed by atoms with Crippen molar-refractivity contribution >= 4 is 29.2 Å². The van der Waals surface area contributed by atoms with Crippen molar-refractivity contribution in [2.75, 3.05) is 42.9 Å². The third-order valence-corrected chi connectivity index (χ3v) is 6.88. The van der Waals surface area contributed by atoms with E-state index in [1.165, 1.54) is 0 Å². The summed E-state index contributed by atoms with van der Waals surface area (Å²) in [6.07, 6.45) is 2.89. The maximum absolute atomic E-state index is 13.0. The van der Waals surface area contributed by atoms with Crippen molar-refractivity contribution in [1.29, 1.82) is 0 Å². The molecule has 1 saturated heterocycles. The molecule has 0 radical (unpaired) electrons. The van der Waals surface area contributed by atoms with Gasteiger partial charge >= 0.3 is 6.03 Å². The Kier molecular flexibility index (Phi) is 8.36. The van der Waals surface area contributed by atoms with Crippen LogP contribution in [0.2, 0.25) is 0 Å². The summed E-state index contributed by atoms with van der Waals surface area (Å²) in [4.78, 5) is 44.0. The number of nitrogens with one attached hydrogen (secondary N) is 2. The summed E-state index contributed by atoms with van der Waals surface area (Å²) in [5.74, 6) is -0.0958. The van der Waals surface area contributed by atoms with Gasteiger partial charge in [-0.25, -0.2) is 4.79 Å². The molecule has 8 heteroatoms. The first-order chi connectivity index (χ1) is 17.7. The van der Waals surface area contributed by atoms with E-state index in [2.05, 4.69) is 15.5 Å². The molecule has 4 amide bonds. The molecular weight excluding hydrogens is 466 g/mol. The zero-order valence-corrected chi connectivity index (χ0v) is 22.2. The lowest BCUT2D eigenvalue weighted by Gasteiger charge is -2.37. The maximum Gasteiger partial charge on any atom is 0.317 e. The van der Waals surface area contributed by atoms with Gasteiger partial charge in [-0.1, -0.05) is 36.8 Å². The number of anilines is 2. The molecule has 2 aromatic carbocycles. The van der Waals surface area contributed by atoms with Crippen molar-refractivity contribution in [2.24, 2.45) is 5.92 Å². The van der Waals surface area contributed by atoms with E-state index in [1.54, 1.807) is 4.90 Å². The molecule has 1 saturated carbocycles. The first-order valence-corrected chi connectivity index (χ1v) is 13.2. The molecular formula is C29H39N5O3. The van der Waals surface area contributed by atoms with E-state index in [0.29, 0.717) is 25.3 Å². The van der Waals surface area contributed by atoms with E-state index >= 15 is 0 Å². The van der Waals surface area contributed by atoms with Gasteiger partial charge in [0.15, 0.2) is 0 Å². The summed E-state index contributed by atoms with van der Waals surface area (Å²) >= 11 is 0. The molecule has 2 fully saturated rings. The molecule has 1 aliphatic heterocycles. The van der Waals surface area contributed by atoms with Crippen LogP contribution in [-0.2, 0) is 16.1 Å². The lowest BCUT2D eigenvalue weighted by Crippen LogP contribution is -2.55. The molecule has 0 unspecified atom stereocenters. The van der Waals surface area contributed by atoms with Crippen LogP contribution in [0.5, 0.6) is 0 Å². The van der Waals surface area contributed by atoms with Crippen LogP contribution in [-0.4, -0.2) is 65.9 Å². The van der Waals surface area contributed by atoms with Crippen LogP contribution < -0.4 is 15.5 Å². The summed E-state index contributed by atoms with van der Waals surface area (Å²) in [5, 5.41) is 5.97. The molecule has 0 aromatic heterocycles. The van der Waals surface area contributed by atoms with Crippen molar-refractivity contribution in [1.82, 2.24) is 15.1 Å². The van der Waals surface area contributed by atoms with Gasteiger partial charge in [-0.3, -0.25) is 9.59 Å². The van der Waals surface area contributed by atoms with E-state index in [9.17, 15) is 14.4 Å². The van der Waals surface area contributed by atoms with E-state index in [-0.39, 0.29) is 35.8 Å². The van der Waals surface area contributed by atoms with Gasteiger partial charge in [-0.2, -0.15) is 0 Å². The predicted octanol–water partition coefficient (Wildman–Crippen LogP) is 4.08. The average molecular weight is 506 g/mol. The van der Waals surface area contributed by atoms with Gasteiger partial charge in [0.05, 0.1) is 0 Å². The fraction of sp³-hybridized carbons (Fsp3) is 0.483. The minimum absolute atomic E-state index is 0.0256. The molecule has 0 atom stereocenters. The highest BCUT2D eigenvalue weighted by atomic mass is 16.2. The summed E-state index contributed by atoms with van der Waals surface area (Å²) in [5.41, 5.74) is 2.52. The second-order valence-electron chi connectivity index (χ2n) is 11.1. The Morgan fingerprint density at radius 1 is 0.919 bits per heavy atom. The summed E-state index contributed by atoms with van der Waals surface area (Å²) in [6, 6.07) is 17.5. The number of carbonyl (C=O) groups excluding carboxylic acids is 3. The van der Waals surface area contributed by atoms with Crippen LogP contribution in [0.3, 0.4) is 0 Å². The Hall–Kier alpha value is -3.55. The highest BCUT2D eigenvalue weighted by Crippen LogP contribution is 2.29. The number of piperazine rings is 1. The molecule has 2 aliphatic rings. The maximum atomic E-state index is 13.0. The van der Waals surface area contributed by atoms with Gasteiger partial charge in [0.2, 0.25) is 11.8 Å². The fourth-order valence-corrected chi connectivity index (χ4v) is 4.63.